The Labute approximate surface area is 261 Å². The first kappa shape index (κ1) is 31.9. The number of rotatable bonds is 14. The number of aliphatic hydroxyl groups is 1. The molecular weight excluding hydrogens is 574 g/mol. The average Bonchev–Trinajstić information content (AvgIpc) is 3.44. The number of pyridine rings is 1. The Bertz CT molecular complexity index is 1720. The van der Waals surface area contributed by atoms with E-state index in [0.717, 1.165) is 34.9 Å². The zero-order valence-electron chi connectivity index (χ0n) is 25.6. The van der Waals surface area contributed by atoms with Crippen LogP contribution in [0, 0.1) is 0 Å². The second-order valence-electron chi connectivity index (χ2n) is 11.2. The van der Waals surface area contributed by atoms with Crippen LogP contribution < -0.4 is 20.9 Å². The third-order valence-corrected chi connectivity index (χ3v) is 8.26. The van der Waals surface area contributed by atoms with Gasteiger partial charge in [-0.15, -0.1) is 0 Å². The summed E-state index contributed by atoms with van der Waals surface area (Å²) in [7, 11) is 2.88. The van der Waals surface area contributed by atoms with Crippen LogP contribution in [0.25, 0.3) is 10.9 Å². The number of aromatic nitrogens is 1. The maximum atomic E-state index is 13.3. The van der Waals surface area contributed by atoms with Crippen LogP contribution in [0.1, 0.15) is 58.0 Å². The summed E-state index contributed by atoms with van der Waals surface area (Å²) >= 11 is 0. The fourth-order valence-electron chi connectivity index (χ4n) is 5.95. The van der Waals surface area contributed by atoms with Crippen LogP contribution >= 0.6 is 0 Å². The molecule has 10 nitrogen and oxygen atoms in total. The second kappa shape index (κ2) is 14.5. The van der Waals surface area contributed by atoms with E-state index in [4.69, 9.17) is 14.2 Å². The molecule has 10 heteroatoms. The monoisotopic (exact) mass is 613 g/mol. The molecule has 5 rings (SSSR count). The number of amides is 1. The lowest BCUT2D eigenvalue weighted by molar-refractivity contribution is -0.148. The number of carbonyl (C=O) groups is 2. The van der Waals surface area contributed by atoms with Crippen LogP contribution in [-0.2, 0) is 32.8 Å². The minimum atomic E-state index is -1.21. The van der Waals surface area contributed by atoms with E-state index in [2.05, 4.69) is 15.6 Å². The Morgan fingerprint density at radius 1 is 1.02 bits per heavy atom. The Morgan fingerprint density at radius 2 is 1.87 bits per heavy atom. The van der Waals surface area contributed by atoms with Crippen LogP contribution in [0.2, 0.25) is 0 Å². The predicted molar refractivity (Wildman–Crippen MR) is 170 cm³/mol. The van der Waals surface area contributed by atoms with Gasteiger partial charge in [-0.05, 0) is 78.7 Å². The van der Waals surface area contributed by atoms with Gasteiger partial charge in [-0.2, -0.15) is 0 Å². The number of unbranched alkanes of at least 4 members (excludes halogenated alkanes) is 1. The Morgan fingerprint density at radius 3 is 2.69 bits per heavy atom. The molecule has 2 atom stereocenters. The SMILES string of the molecule is COC(=O)C1(NC(=O)c2cccc(COCCCCNCC(O)c3ccc(OC)c4[nH]c(=O)ccc34)c2)CCc2ccccc21. The van der Waals surface area contributed by atoms with Crippen LogP contribution in [0.4, 0.5) is 0 Å². The van der Waals surface area contributed by atoms with Gasteiger partial charge in [-0.25, -0.2) is 4.79 Å². The first-order chi connectivity index (χ1) is 21.9. The molecule has 0 fully saturated rings. The Hall–Kier alpha value is -4.51. The molecular formula is C35H39N3O7. The van der Waals surface area contributed by atoms with Crippen LogP contribution in [0.5, 0.6) is 5.75 Å². The van der Waals surface area contributed by atoms with E-state index < -0.39 is 17.6 Å². The van der Waals surface area contributed by atoms with Crippen molar-refractivity contribution in [1.29, 1.82) is 0 Å². The summed E-state index contributed by atoms with van der Waals surface area (Å²) in [6, 6.07) is 21.5. The number of aryl methyl sites for hydroxylation is 1. The molecule has 3 aromatic carbocycles. The minimum absolute atomic E-state index is 0.231. The summed E-state index contributed by atoms with van der Waals surface area (Å²) in [5, 5.41) is 17.8. The molecule has 1 amide bonds. The first-order valence-electron chi connectivity index (χ1n) is 15.1. The molecule has 0 saturated carbocycles. The highest BCUT2D eigenvalue weighted by atomic mass is 16.5. The van der Waals surface area contributed by atoms with Crippen molar-refractivity contribution >= 4 is 22.8 Å². The zero-order valence-corrected chi connectivity index (χ0v) is 25.6. The number of nitrogens with one attached hydrogen (secondary N) is 3. The molecule has 45 heavy (non-hydrogen) atoms. The Balaban J connectivity index is 1.06. The third kappa shape index (κ3) is 7.09. The molecule has 1 aliphatic carbocycles. The van der Waals surface area contributed by atoms with E-state index in [1.54, 1.807) is 30.3 Å². The summed E-state index contributed by atoms with van der Waals surface area (Å²) in [5.74, 6) is -0.275. The van der Waals surface area contributed by atoms with E-state index in [1.807, 2.05) is 36.4 Å². The van der Waals surface area contributed by atoms with Gasteiger partial charge in [-0.3, -0.25) is 9.59 Å². The maximum Gasteiger partial charge on any atom is 0.336 e. The zero-order chi connectivity index (χ0) is 31.8. The van der Waals surface area contributed by atoms with Gasteiger partial charge in [-0.1, -0.05) is 42.5 Å². The van der Waals surface area contributed by atoms with Gasteiger partial charge >= 0.3 is 5.97 Å². The molecule has 0 bridgehead atoms. The molecule has 236 valence electrons. The van der Waals surface area contributed by atoms with Crippen molar-refractivity contribution in [2.24, 2.45) is 0 Å². The molecule has 1 aromatic heterocycles. The number of hydrogen-bond acceptors (Lipinski definition) is 8. The quantitative estimate of drug-likeness (QED) is 0.124. The molecule has 4 N–H and O–H groups in total. The maximum absolute atomic E-state index is 13.3. The van der Waals surface area contributed by atoms with Crippen molar-refractivity contribution in [3.63, 3.8) is 0 Å². The van der Waals surface area contributed by atoms with E-state index in [0.29, 0.717) is 61.5 Å². The highest BCUT2D eigenvalue weighted by molar-refractivity contribution is 5.99. The molecule has 0 saturated heterocycles. The topological polar surface area (TPSA) is 139 Å². The number of carbonyl (C=O) groups excluding carboxylic acids is 2. The molecule has 1 aliphatic rings. The number of aromatic amines is 1. The molecule has 1 heterocycles. The van der Waals surface area contributed by atoms with E-state index in [1.165, 1.54) is 20.3 Å². The predicted octanol–water partition coefficient (Wildman–Crippen LogP) is 3.90. The number of aliphatic hydroxyl groups excluding tert-OH is 1. The number of benzene rings is 3. The van der Waals surface area contributed by atoms with Crippen LogP contribution in [0.3, 0.4) is 0 Å². The van der Waals surface area contributed by atoms with Crippen molar-refractivity contribution in [1.82, 2.24) is 15.6 Å². The lowest BCUT2D eigenvalue weighted by atomic mass is 9.91. The third-order valence-electron chi connectivity index (χ3n) is 8.26. The van der Waals surface area contributed by atoms with Crippen molar-refractivity contribution in [2.75, 3.05) is 33.9 Å². The smallest absolute Gasteiger partial charge is 0.336 e. The highest BCUT2D eigenvalue weighted by Gasteiger charge is 2.47. The van der Waals surface area contributed by atoms with Crippen molar-refractivity contribution in [2.45, 2.75) is 43.9 Å². The van der Waals surface area contributed by atoms with Gasteiger partial charge in [0.15, 0.2) is 5.54 Å². The molecule has 2 unspecified atom stereocenters. The lowest BCUT2D eigenvalue weighted by Gasteiger charge is -2.28. The summed E-state index contributed by atoms with van der Waals surface area (Å²) in [4.78, 5) is 40.8. The van der Waals surface area contributed by atoms with E-state index in [-0.39, 0.29) is 11.5 Å². The number of methoxy groups -OCH3 is 2. The largest absolute Gasteiger partial charge is 0.495 e. The van der Waals surface area contributed by atoms with Crippen molar-refractivity contribution in [3.05, 3.63) is 111 Å². The molecule has 0 radical (unpaired) electrons. The fraction of sp³-hybridized carbons (Fsp3) is 0.343. The second-order valence-corrected chi connectivity index (χ2v) is 11.2. The fourth-order valence-corrected chi connectivity index (χ4v) is 5.95. The van der Waals surface area contributed by atoms with Gasteiger partial charge in [0.05, 0.1) is 32.4 Å². The van der Waals surface area contributed by atoms with Gasteiger partial charge in [0.1, 0.15) is 5.75 Å². The molecule has 4 aromatic rings. The van der Waals surface area contributed by atoms with E-state index in [9.17, 15) is 19.5 Å². The average molecular weight is 614 g/mol. The molecule has 0 aliphatic heterocycles. The van der Waals surface area contributed by atoms with Gasteiger partial charge in [0, 0.05) is 30.2 Å². The standard InChI is InChI=1S/C35H39N3O7/c1-43-30-14-12-26(27-13-15-31(40)37-32(27)30)29(39)21-36-18-5-6-19-45-22-23-8-7-10-25(20-23)33(41)38-35(34(42)44-2)17-16-24-9-3-4-11-28(24)35/h3-4,7-15,20,29,36,39H,5-6,16-19,21-22H2,1-2H3,(H,37,40)(H,38,41). The van der Waals surface area contributed by atoms with Gasteiger partial charge in [0.2, 0.25) is 5.56 Å². The number of H-pyrrole nitrogens is 1. The summed E-state index contributed by atoms with van der Waals surface area (Å²) in [6.45, 7) is 1.95. The van der Waals surface area contributed by atoms with Crippen LogP contribution in [-0.4, -0.2) is 55.9 Å². The summed E-state index contributed by atoms with van der Waals surface area (Å²) in [5.41, 5.74) is 2.95. The normalized spacial score (nSPS) is 16.2. The number of ether oxygens (including phenoxy) is 3. The highest BCUT2D eigenvalue weighted by Crippen LogP contribution is 2.38. The van der Waals surface area contributed by atoms with E-state index >= 15 is 0 Å². The number of hydrogen-bond donors (Lipinski definition) is 4. The van der Waals surface area contributed by atoms with Gasteiger partial charge in [0.25, 0.3) is 5.91 Å². The summed E-state index contributed by atoms with van der Waals surface area (Å²) in [6.07, 6.45) is 2.04. The number of fused-ring (bicyclic) bond motifs is 2. The van der Waals surface area contributed by atoms with Crippen LogP contribution in [0.15, 0.2) is 77.6 Å². The molecule has 0 spiro atoms. The van der Waals surface area contributed by atoms with Crippen molar-refractivity contribution < 1.29 is 28.9 Å². The lowest BCUT2D eigenvalue weighted by Crippen LogP contribution is -2.51. The Kier molecular flexibility index (Phi) is 10.3. The van der Waals surface area contributed by atoms with Crippen molar-refractivity contribution in [3.8, 4) is 5.75 Å². The first-order valence-corrected chi connectivity index (χ1v) is 15.1. The van der Waals surface area contributed by atoms with Gasteiger partial charge < -0.3 is 34.9 Å². The summed E-state index contributed by atoms with van der Waals surface area (Å²) < 4.78 is 16.3. The number of esters is 1. The minimum Gasteiger partial charge on any atom is -0.495 e.